The summed E-state index contributed by atoms with van der Waals surface area (Å²) in [5, 5.41) is 10.4. The number of hydrogen-bond acceptors (Lipinski definition) is 3. The molecule has 1 aromatic heterocycles. The van der Waals surface area contributed by atoms with Crippen LogP contribution in [-0.4, -0.2) is 26.5 Å². The Labute approximate surface area is 151 Å². The fraction of sp³-hybridized carbons (Fsp3) is 0.500. The van der Waals surface area contributed by atoms with Gasteiger partial charge in [-0.05, 0) is 54.4 Å². The Kier molecular flexibility index (Phi) is 4.36. The summed E-state index contributed by atoms with van der Waals surface area (Å²) < 4.78 is 1.70. The smallest absolute Gasteiger partial charge is 0.323 e. The SMILES string of the molecule is CC1CCCC(c2ccc3c(c2)c2c(n3CC(=O)O)C(=O)SCC2)C1. The molecule has 132 valence electrons. The predicted octanol–water partition coefficient (Wildman–Crippen LogP) is 4.45. The first-order chi connectivity index (χ1) is 12.0. The van der Waals surface area contributed by atoms with Gasteiger partial charge in [-0.3, -0.25) is 9.59 Å². The van der Waals surface area contributed by atoms with E-state index in [4.69, 9.17) is 0 Å². The quantitative estimate of drug-likeness (QED) is 0.882. The highest BCUT2D eigenvalue weighted by Crippen LogP contribution is 2.39. The number of carbonyl (C=O) groups is 2. The van der Waals surface area contributed by atoms with Crippen molar-refractivity contribution in [3.8, 4) is 0 Å². The van der Waals surface area contributed by atoms with Gasteiger partial charge >= 0.3 is 5.97 Å². The fourth-order valence-electron chi connectivity index (χ4n) is 4.53. The summed E-state index contributed by atoms with van der Waals surface area (Å²) >= 11 is 1.30. The summed E-state index contributed by atoms with van der Waals surface area (Å²) in [5.74, 6) is 1.22. The second-order valence-corrected chi connectivity index (χ2v) is 8.51. The maximum atomic E-state index is 12.4. The number of aryl methyl sites for hydroxylation is 1. The lowest BCUT2D eigenvalue weighted by Crippen LogP contribution is -2.17. The lowest BCUT2D eigenvalue weighted by Gasteiger charge is -2.27. The molecule has 2 aromatic rings. The van der Waals surface area contributed by atoms with Crippen LogP contribution in [0.2, 0.25) is 0 Å². The average Bonchev–Trinajstić information content (AvgIpc) is 2.89. The highest BCUT2D eigenvalue weighted by atomic mass is 32.2. The second-order valence-electron chi connectivity index (χ2n) is 7.44. The van der Waals surface area contributed by atoms with Crippen LogP contribution in [0.1, 0.15) is 60.1 Å². The van der Waals surface area contributed by atoms with Gasteiger partial charge in [0.15, 0.2) is 0 Å². The number of rotatable bonds is 3. The van der Waals surface area contributed by atoms with Crippen LogP contribution >= 0.6 is 11.8 Å². The largest absolute Gasteiger partial charge is 0.480 e. The molecule has 0 radical (unpaired) electrons. The van der Waals surface area contributed by atoms with Crippen molar-refractivity contribution in [2.75, 3.05) is 5.75 Å². The lowest BCUT2D eigenvalue weighted by molar-refractivity contribution is -0.137. The van der Waals surface area contributed by atoms with Crippen LogP contribution in [0.3, 0.4) is 0 Å². The molecule has 0 bridgehead atoms. The predicted molar refractivity (Wildman–Crippen MR) is 100 cm³/mol. The van der Waals surface area contributed by atoms with Crippen LogP contribution in [0.4, 0.5) is 0 Å². The van der Waals surface area contributed by atoms with Crippen molar-refractivity contribution in [2.45, 2.75) is 51.5 Å². The third-order valence-corrected chi connectivity index (χ3v) is 6.54. The fourth-order valence-corrected chi connectivity index (χ4v) is 5.39. The van der Waals surface area contributed by atoms with Crippen molar-refractivity contribution in [3.63, 3.8) is 0 Å². The third-order valence-electron chi connectivity index (χ3n) is 5.67. The van der Waals surface area contributed by atoms with E-state index in [9.17, 15) is 14.7 Å². The van der Waals surface area contributed by atoms with E-state index in [-0.39, 0.29) is 11.7 Å². The Hall–Kier alpha value is -1.75. The summed E-state index contributed by atoms with van der Waals surface area (Å²) in [6.45, 7) is 2.17. The number of aliphatic carboxylic acids is 1. The Morgan fingerprint density at radius 2 is 2.20 bits per heavy atom. The molecule has 4 nitrogen and oxygen atoms in total. The molecule has 1 aromatic carbocycles. The van der Waals surface area contributed by atoms with Crippen LogP contribution < -0.4 is 0 Å². The Bertz CT molecular complexity index is 854. The van der Waals surface area contributed by atoms with Crippen molar-refractivity contribution < 1.29 is 14.7 Å². The number of carboxylic acids is 1. The van der Waals surface area contributed by atoms with Crippen molar-refractivity contribution in [1.82, 2.24) is 4.57 Å². The van der Waals surface area contributed by atoms with Gasteiger partial charge in [0.1, 0.15) is 12.2 Å². The molecule has 5 heteroatoms. The van der Waals surface area contributed by atoms with Gasteiger partial charge in [-0.15, -0.1) is 0 Å². The molecule has 0 saturated heterocycles. The maximum Gasteiger partial charge on any atom is 0.323 e. The highest BCUT2D eigenvalue weighted by Gasteiger charge is 2.28. The first-order valence-corrected chi connectivity index (χ1v) is 10.1. The summed E-state index contributed by atoms with van der Waals surface area (Å²) in [4.78, 5) is 23.8. The monoisotopic (exact) mass is 357 g/mol. The second kappa shape index (κ2) is 6.52. The molecule has 1 fully saturated rings. The summed E-state index contributed by atoms with van der Waals surface area (Å²) in [7, 11) is 0. The summed E-state index contributed by atoms with van der Waals surface area (Å²) in [5.41, 5.74) is 3.88. The molecular formula is C20H23NO3S. The van der Waals surface area contributed by atoms with Gasteiger partial charge in [0, 0.05) is 16.7 Å². The number of nitrogens with zero attached hydrogens (tertiary/aromatic N) is 1. The minimum atomic E-state index is -0.909. The number of thioether (sulfide) groups is 1. The molecule has 2 aliphatic rings. The van der Waals surface area contributed by atoms with E-state index in [1.54, 1.807) is 4.57 Å². The standard InChI is InChI=1S/C20H23NO3S/c1-12-3-2-4-13(9-12)14-5-6-17-16(10-14)15-7-8-25-20(24)19(15)21(17)11-18(22)23/h5-6,10,12-13H,2-4,7-9,11H2,1H3,(H,22,23). The first-order valence-electron chi connectivity index (χ1n) is 9.08. The van der Waals surface area contributed by atoms with E-state index >= 15 is 0 Å². The zero-order valence-electron chi connectivity index (χ0n) is 14.5. The Morgan fingerprint density at radius 1 is 1.36 bits per heavy atom. The lowest BCUT2D eigenvalue weighted by atomic mass is 9.78. The number of carboxylic acid groups (broad SMARTS) is 1. The molecular weight excluding hydrogens is 334 g/mol. The zero-order chi connectivity index (χ0) is 17.6. The van der Waals surface area contributed by atoms with Crippen molar-refractivity contribution in [2.24, 2.45) is 5.92 Å². The molecule has 1 saturated carbocycles. The topological polar surface area (TPSA) is 59.3 Å². The number of hydrogen-bond donors (Lipinski definition) is 1. The van der Waals surface area contributed by atoms with E-state index in [2.05, 4.69) is 19.1 Å². The number of carbonyl (C=O) groups excluding carboxylic acids is 1. The van der Waals surface area contributed by atoms with E-state index in [0.29, 0.717) is 11.6 Å². The van der Waals surface area contributed by atoms with Crippen LogP contribution in [-0.2, 0) is 17.8 Å². The molecule has 2 heterocycles. The van der Waals surface area contributed by atoms with E-state index in [0.717, 1.165) is 34.6 Å². The molecule has 0 amide bonds. The molecule has 1 aliphatic carbocycles. The van der Waals surface area contributed by atoms with Gasteiger partial charge in [0.25, 0.3) is 0 Å². The van der Waals surface area contributed by atoms with E-state index < -0.39 is 5.97 Å². The molecule has 1 aliphatic heterocycles. The van der Waals surface area contributed by atoms with Crippen LogP contribution in [0.15, 0.2) is 18.2 Å². The zero-order valence-corrected chi connectivity index (χ0v) is 15.3. The van der Waals surface area contributed by atoms with Gasteiger partial charge in [-0.2, -0.15) is 0 Å². The van der Waals surface area contributed by atoms with Gasteiger partial charge in [0.05, 0.1) is 0 Å². The Morgan fingerprint density at radius 3 is 2.96 bits per heavy atom. The van der Waals surface area contributed by atoms with Crippen molar-refractivity contribution >= 4 is 33.7 Å². The van der Waals surface area contributed by atoms with Crippen LogP contribution in [0.25, 0.3) is 10.9 Å². The van der Waals surface area contributed by atoms with Crippen molar-refractivity contribution in [3.05, 3.63) is 35.0 Å². The molecule has 4 rings (SSSR count). The first kappa shape index (κ1) is 16.7. The summed E-state index contributed by atoms with van der Waals surface area (Å²) in [6.07, 6.45) is 5.87. The summed E-state index contributed by atoms with van der Waals surface area (Å²) in [6, 6.07) is 6.41. The minimum Gasteiger partial charge on any atom is -0.480 e. The van der Waals surface area contributed by atoms with Crippen LogP contribution in [0.5, 0.6) is 0 Å². The van der Waals surface area contributed by atoms with Gasteiger partial charge in [-0.1, -0.05) is 37.6 Å². The minimum absolute atomic E-state index is 0.00605. The van der Waals surface area contributed by atoms with E-state index in [1.165, 1.54) is 43.0 Å². The van der Waals surface area contributed by atoms with Crippen LogP contribution in [0, 0.1) is 5.92 Å². The Balaban J connectivity index is 1.84. The van der Waals surface area contributed by atoms with Gasteiger partial charge in [-0.25, -0.2) is 0 Å². The van der Waals surface area contributed by atoms with Gasteiger partial charge < -0.3 is 9.67 Å². The highest BCUT2D eigenvalue weighted by molar-refractivity contribution is 8.14. The molecule has 0 spiro atoms. The number of fused-ring (bicyclic) bond motifs is 3. The molecule has 2 unspecified atom stereocenters. The molecule has 1 N–H and O–H groups in total. The average molecular weight is 357 g/mol. The maximum absolute atomic E-state index is 12.4. The number of benzene rings is 1. The van der Waals surface area contributed by atoms with E-state index in [1.807, 2.05) is 6.07 Å². The normalized spacial score (nSPS) is 23.6. The molecule has 2 atom stereocenters. The number of aromatic nitrogens is 1. The van der Waals surface area contributed by atoms with Gasteiger partial charge in [0.2, 0.25) is 5.12 Å². The third kappa shape index (κ3) is 2.99. The van der Waals surface area contributed by atoms with Crippen molar-refractivity contribution in [1.29, 1.82) is 0 Å². The molecule has 25 heavy (non-hydrogen) atoms.